The van der Waals surface area contributed by atoms with Gasteiger partial charge in [-0.1, -0.05) is 11.3 Å². The van der Waals surface area contributed by atoms with Crippen molar-refractivity contribution in [3.63, 3.8) is 0 Å². The quantitative estimate of drug-likeness (QED) is 0.754. The van der Waals surface area contributed by atoms with Crippen LogP contribution < -0.4 is 5.32 Å². The van der Waals surface area contributed by atoms with Gasteiger partial charge in [0, 0.05) is 11.3 Å². The number of imidazole rings is 1. The summed E-state index contributed by atoms with van der Waals surface area (Å²) in [6.45, 7) is 3.28. The Bertz CT molecular complexity index is 832. The van der Waals surface area contributed by atoms with Crippen molar-refractivity contribution in [2.24, 2.45) is 0 Å². The summed E-state index contributed by atoms with van der Waals surface area (Å²) in [5.74, 6) is -0.287. The van der Waals surface area contributed by atoms with E-state index in [1.165, 1.54) is 22.8 Å². The van der Waals surface area contributed by atoms with E-state index < -0.39 is 0 Å². The Hall–Kier alpha value is -2.54. The number of nitrogens with zero attached hydrogens (tertiary/aromatic N) is 3. The van der Waals surface area contributed by atoms with Gasteiger partial charge < -0.3 is 5.32 Å². The highest BCUT2D eigenvalue weighted by Crippen LogP contribution is 2.17. The lowest BCUT2D eigenvalue weighted by atomic mass is 10.1. The minimum Gasteiger partial charge on any atom is -0.321 e. The highest BCUT2D eigenvalue weighted by atomic mass is 32.1. The molecule has 2 aromatic heterocycles. The lowest BCUT2D eigenvalue weighted by molar-refractivity contribution is 0.101. The van der Waals surface area contributed by atoms with Crippen molar-refractivity contribution in [1.82, 2.24) is 14.6 Å². The van der Waals surface area contributed by atoms with Gasteiger partial charge in [0.1, 0.15) is 5.51 Å². The normalized spacial score (nSPS) is 10.8. The average molecular weight is 300 g/mol. The number of hydrogen-bond acceptors (Lipinski definition) is 5. The Kier molecular flexibility index (Phi) is 3.26. The van der Waals surface area contributed by atoms with E-state index in [1.807, 2.05) is 0 Å². The Morgan fingerprint density at radius 2 is 1.95 bits per heavy atom. The molecule has 1 N–H and O–H groups in total. The first-order chi connectivity index (χ1) is 10.1. The number of carbonyl (C=O) groups excluding carboxylic acids is 2. The first kappa shape index (κ1) is 13.4. The van der Waals surface area contributed by atoms with Gasteiger partial charge in [0.25, 0.3) is 5.91 Å². The molecule has 0 bridgehead atoms. The second-order valence-corrected chi connectivity index (χ2v) is 5.38. The van der Waals surface area contributed by atoms with Gasteiger partial charge in [0.05, 0.1) is 5.69 Å². The van der Waals surface area contributed by atoms with Crippen molar-refractivity contribution < 1.29 is 9.59 Å². The minimum absolute atomic E-state index is 0.0105. The molecule has 6 nitrogen and oxygen atoms in total. The number of Topliss-reactive ketones (excluding diaryl/α,β-unsaturated/α-hetero) is 1. The molecule has 0 saturated heterocycles. The topological polar surface area (TPSA) is 76.4 Å². The fourth-order valence-corrected chi connectivity index (χ4v) is 2.70. The number of carbonyl (C=O) groups is 2. The van der Waals surface area contributed by atoms with Crippen LogP contribution in [-0.2, 0) is 0 Å². The Balaban J connectivity index is 1.87. The van der Waals surface area contributed by atoms with Gasteiger partial charge in [-0.25, -0.2) is 4.98 Å². The number of aromatic nitrogens is 3. The van der Waals surface area contributed by atoms with Crippen LogP contribution in [0.15, 0.2) is 29.8 Å². The molecule has 0 aliphatic carbocycles. The van der Waals surface area contributed by atoms with Crippen molar-refractivity contribution in [2.45, 2.75) is 13.8 Å². The van der Waals surface area contributed by atoms with Crippen molar-refractivity contribution >= 4 is 33.7 Å². The Morgan fingerprint density at radius 3 is 2.62 bits per heavy atom. The maximum absolute atomic E-state index is 12.4. The van der Waals surface area contributed by atoms with Gasteiger partial charge >= 0.3 is 0 Å². The standard InChI is InChI=1S/C14H12N4O2S/c1-8-12(18-14(16-8)21-7-15-18)13(20)17-11-5-3-10(4-6-11)9(2)19/h3-7H,1-2H3,(H,17,20). The maximum Gasteiger partial charge on any atom is 0.276 e. The van der Waals surface area contributed by atoms with Crippen molar-refractivity contribution in [3.8, 4) is 0 Å². The molecule has 0 aliphatic rings. The molecule has 3 rings (SSSR count). The highest BCUT2D eigenvalue weighted by Gasteiger charge is 2.18. The van der Waals surface area contributed by atoms with Crippen LogP contribution in [0.2, 0.25) is 0 Å². The van der Waals surface area contributed by atoms with Crippen LogP contribution in [-0.4, -0.2) is 26.3 Å². The molecule has 3 aromatic rings. The highest BCUT2D eigenvalue weighted by molar-refractivity contribution is 7.14. The number of fused-ring (bicyclic) bond motifs is 1. The molecule has 2 heterocycles. The molecule has 0 atom stereocenters. The number of amides is 1. The van der Waals surface area contributed by atoms with Gasteiger partial charge in [-0.2, -0.15) is 9.61 Å². The van der Waals surface area contributed by atoms with Crippen LogP contribution in [0.1, 0.15) is 33.5 Å². The predicted molar refractivity (Wildman–Crippen MR) is 80.0 cm³/mol. The second-order valence-electron chi connectivity index (χ2n) is 4.57. The fraction of sp³-hybridized carbons (Fsp3) is 0.143. The van der Waals surface area contributed by atoms with Gasteiger partial charge in [0.2, 0.25) is 4.96 Å². The van der Waals surface area contributed by atoms with E-state index in [1.54, 1.807) is 36.7 Å². The van der Waals surface area contributed by atoms with Crippen LogP contribution >= 0.6 is 11.3 Å². The largest absolute Gasteiger partial charge is 0.321 e. The zero-order chi connectivity index (χ0) is 15.0. The molecule has 7 heteroatoms. The van der Waals surface area contributed by atoms with E-state index in [-0.39, 0.29) is 11.7 Å². The van der Waals surface area contributed by atoms with Crippen molar-refractivity contribution in [1.29, 1.82) is 0 Å². The molecular weight excluding hydrogens is 288 g/mol. The second kappa shape index (κ2) is 5.10. The summed E-state index contributed by atoms with van der Waals surface area (Å²) in [5, 5.41) is 6.89. The third-order valence-corrected chi connectivity index (χ3v) is 3.76. The molecular formula is C14H12N4O2S. The summed E-state index contributed by atoms with van der Waals surface area (Å²) in [6.07, 6.45) is 0. The molecule has 0 radical (unpaired) electrons. The summed E-state index contributed by atoms with van der Waals surface area (Å²) in [4.78, 5) is 28.5. The molecule has 0 fully saturated rings. The molecule has 1 amide bonds. The number of benzene rings is 1. The van der Waals surface area contributed by atoms with Gasteiger partial charge in [-0.3, -0.25) is 9.59 Å². The zero-order valence-corrected chi connectivity index (χ0v) is 12.3. The smallest absolute Gasteiger partial charge is 0.276 e. The van der Waals surface area contributed by atoms with Crippen LogP contribution in [0.4, 0.5) is 5.69 Å². The van der Waals surface area contributed by atoms with Gasteiger partial charge in [-0.15, -0.1) is 0 Å². The maximum atomic E-state index is 12.4. The first-order valence-electron chi connectivity index (χ1n) is 6.27. The fourth-order valence-electron chi connectivity index (χ4n) is 2.03. The number of hydrogen-bond donors (Lipinski definition) is 1. The third kappa shape index (κ3) is 2.43. The van der Waals surface area contributed by atoms with E-state index in [0.29, 0.717) is 27.6 Å². The number of nitrogens with one attached hydrogen (secondary N) is 1. The predicted octanol–water partition coefficient (Wildman–Crippen LogP) is 2.55. The van der Waals surface area contributed by atoms with E-state index in [4.69, 9.17) is 0 Å². The number of ketones is 1. The van der Waals surface area contributed by atoms with Gasteiger partial charge in [-0.05, 0) is 38.1 Å². The van der Waals surface area contributed by atoms with E-state index in [9.17, 15) is 9.59 Å². The van der Waals surface area contributed by atoms with E-state index in [0.717, 1.165) is 0 Å². The molecule has 0 aliphatic heterocycles. The third-order valence-electron chi connectivity index (χ3n) is 3.08. The summed E-state index contributed by atoms with van der Waals surface area (Å²) < 4.78 is 1.53. The molecule has 21 heavy (non-hydrogen) atoms. The monoisotopic (exact) mass is 300 g/mol. The minimum atomic E-state index is -0.276. The Labute approximate surface area is 124 Å². The SMILES string of the molecule is CC(=O)c1ccc(NC(=O)c2c(C)nc3scnn23)cc1. The van der Waals surface area contributed by atoms with E-state index >= 15 is 0 Å². The molecule has 0 unspecified atom stereocenters. The lowest BCUT2D eigenvalue weighted by Crippen LogP contribution is -2.16. The number of rotatable bonds is 3. The molecule has 0 saturated carbocycles. The van der Waals surface area contributed by atoms with Crippen LogP contribution in [0.25, 0.3) is 4.96 Å². The van der Waals surface area contributed by atoms with Crippen molar-refractivity contribution in [3.05, 3.63) is 46.7 Å². The number of aryl methyl sites for hydroxylation is 1. The molecule has 106 valence electrons. The average Bonchev–Trinajstić information content (AvgIpc) is 2.98. The summed E-state index contributed by atoms with van der Waals surface area (Å²) in [6, 6.07) is 6.76. The Morgan fingerprint density at radius 1 is 1.24 bits per heavy atom. The summed E-state index contributed by atoms with van der Waals surface area (Å²) in [7, 11) is 0. The first-order valence-corrected chi connectivity index (χ1v) is 7.15. The molecule has 1 aromatic carbocycles. The van der Waals surface area contributed by atoms with Crippen molar-refractivity contribution in [2.75, 3.05) is 5.32 Å². The summed E-state index contributed by atoms with van der Waals surface area (Å²) >= 11 is 1.37. The van der Waals surface area contributed by atoms with Crippen LogP contribution in [0.5, 0.6) is 0 Å². The lowest BCUT2D eigenvalue weighted by Gasteiger charge is -2.05. The van der Waals surface area contributed by atoms with E-state index in [2.05, 4.69) is 15.4 Å². The molecule has 0 spiro atoms. The van der Waals surface area contributed by atoms with Crippen LogP contribution in [0.3, 0.4) is 0 Å². The summed E-state index contributed by atoms with van der Waals surface area (Å²) in [5.41, 5.74) is 3.92. The van der Waals surface area contributed by atoms with Crippen LogP contribution in [0, 0.1) is 6.92 Å². The number of anilines is 1. The van der Waals surface area contributed by atoms with Gasteiger partial charge in [0.15, 0.2) is 11.5 Å². The zero-order valence-electron chi connectivity index (χ0n) is 11.5.